The van der Waals surface area contributed by atoms with Crippen molar-refractivity contribution in [3.8, 4) is 0 Å². The number of methoxy groups -OCH3 is 1. The van der Waals surface area contributed by atoms with Crippen LogP contribution in [-0.2, 0) is 22.5 Å². The molecule has 1 aliphatic rings. The van der Waals surface area contributed by atoms with Gasteiger partial charge in [0.2, 0.25) is 5.91 Å². The zero-order valence-corrected chi connectivity index (χ0v) is 12.5. The van der Waals surface area contributed by atoms with Gasteiger partial charge >= 0.3 is 0 Å². The van der Waals surface area contributed by atoms with E-state index in [9.17, 15) is 4.79 Å². The molecule has 0 aromatic heterocycles. The molecule has 1 aliphatic carbocycles. The van der Waals surface area contributed by atoms with E-state index in [1.165, 1.54) is 5.56 Å². The molecule has 1 saturated carbocycles. The fraction of sp³-hybridized carbons (Fsp3) is 0.500. The van der Waals surface area contributed by atoms with Gasteiger partial charge in [-0.2, -0.15) is 0 Å². The Morgan fingerprint density at radius 3 is 2.84 bits per heavy atom. The van der Waals surface area contributed by atoms with Crippen LogP contribution in [0.25, 0.3) is 0 Å². The third kappa shape index (κ3) is 5.01. The molecule has 1 fully saturated rings. The smallest absolute Gasteiger partial charge is 0.223 e. The molecule has 0 atom stereocenters. The van der Waals surface area contributed by atoms with E-state index in [0.717, 1.165) is 24.8 Å². The first-order valence-electron chi connectivity index (χ1n) is 6.24. The highest BCUT2D eigenvalue weighted by Crippen LogP contribution is 2.29. The summed E-state index contributed by atoms with van der Waals surface area (Å²) in [5.74, 6) is 0.383. The highest BCUT2D eigenvalue weighted by Gasteiger charge is 2.29. The molecule has 0 bridgehead atoms. The van der Waals surface area contributed by atoms with E-state index < -0.39 is 0 Å². The molecule has 5 heteroatoms. The van der Waals surface area contributed by atoms with E-state index in [1.54, 1.807) is 7.11 Å². The van der Waals surface area contributed by atoms with E-state index in [0.29, 0.717) is 18.2 Å². The molecule has 1 aromatic rings. The average Bonchev–Trinajstić information content (AvgIpc) is 3.20. The Morgan fingerprint density at radius 2 is 2.21 bits per heavy atom. The second-order valence-corrected chi connectivity index (χ2v) is 5.07. The monoisotopic (exact) mass is 303 g/mol. The van der Waals surface area contributed by atoms with Gasteiger partial charge < -0.3 is 10.1 Å². The Bertz CT molecular complexity index is 433. The molecule has 0 spiro atoms. The van der Waals surface area contributed by atoms with Crippen molar-refractivity contribution in [1.29, 1.82) is 0 Å². The molecule has 0 heterocycles. The van der Waals surface area contributed by atoms with E-state index >= 15 is 0 Å². The first kappa shape index (κ1) is 16.3. The maximum atomic E-state index is 11.6. The van der Waals surface area contributed by atoms with Gasteiger partial charge in [0.05, 0.1) is 6.61 Å². The third-order valence-electron chi connectivity index (χ3n) is 3.11. The van der Waals surface area contributed by atoms with Crippen molar-refractivity contribution in [2.24, 2.45) is 5.92 Å². The number of benzene rings is 1. The zero-order valence-electron chi connectivity index (χ0n) is 10.9. The highest BCUT2D eigenvalue weighted by atomic mass is 35.5. The van der Waals surface area contributed by atoms with Crippen LogP contribution in [0.4, 0.5) is 0 Å². The van der Waals surface area contributed by atoms with Gasteiger partial charge in [0.1, 0.15) is 0 Å². The van der Waals surface area contributed by atoms with Gasteiger partial charge in [0.15, 0.2) is 0 Å². The summed E-state index contributed by atoms with van der Waals surface area (Å²) in [7, 11) is 1.69. The summed E-state index contributed by atoms with van der Waals surface area (Å²) in [6, 6.07) is 5.91. The molecular formula is C14H19Cl2NO2. The molecule has 0 aliphatic heterocycles. The molecule has 106 valence electrons. The van der Waals surface area contributed by atoms with Crippen molar-refractivity contribution < 1.29 is 9.53 Å². The predicted octanol–water partition coefficient (Wildman–Crippen LogP) is 2.98. The maximum Gasteiger partial charge on any atom is 0.223 e. The first-order chi connectivity index (χ1) is 8.70. The van der Waals surface area contributed by atoms with E-state index in [2.05, 4.69) is 5.32 Å². The molecule has 19 heavy (non-hydrogen) atoms. The zero-order chi connectivity index (χ0) is 13.0. The number of carbonyl (C=O) groups excluding carboxylic acids is 1. The molecule has 1 aromatic carbocycles. The average molecular weight is 304 g/mol. The predicted molar refractivity (Wildman–Crippen MR) is 78.9 cm³/mol. The largest absolute Gasteiger partial charge is 0.384 e. The Balaban J connectivity index is 0.00000180. The van der Waals surface area contributed by atoms with Crippen LogP contribution in [0.3, 0.4) is 0 Å². The van der Waals surface area contributed by atoms with E-state index in [1.807, 2.05) is 18.2 Å². The molecule has 0 unspecified atom stereocenters. The Morgan fingerprint density at radius 1 is 1.47 bits per heavy atom. The van der Waals surface area contributed by atoms with Crippen molar-refractivity contribution in [2.45, 2.75) is 25.8 Å². The molecule has 1 amide bonds. The minimum atomic E-state index is 0. The van der Waals surface area contributed by atoms with Gasteiger partial charge in [-0.3, -0.25) is 4.79 Å². The van der Waals surface area contributed by atoms with Crippen LogP contribution in [0, 0.1) is 5.92 Å². The number of hydrogen-bond acceptors (Lipinski definition) is 2. The van der Waals surface area contributed by atoms with Crippen molar-refractivity contribution in [3.05, 3.63) is 34.3 Å². The van der Waals surface area contributed by atoms with E-state index in [4.69, 9.17) is 16.3 Å². The molecule has 1 N–H and O–H groups in total. The van der Waals surface area contributed by atoms with Crippen LogP contribution in [-0.4, -0.2) is 19.6 Å². The molecule has 0 radical (unpaired) electrons. The van der Waals surface area contributed by atoms with Gasteiger partial charge in [0, 0.05) is 24.6 Å². The Kier molecular flexibility index (Phi) is 6.63. The van der Waals surface area contributed by atoms with Gasteiger partial charge in [-0.25, -0.2) is 0 Å². The fourth-order valence-corrected chi connectivity index (χ4v) is 2.00. The molecular weight excluding hydrogens is 285 g/mol. The molecule has 0 saturated heterocycles. The summed E-state index contributed by atoms with van der Waals surface area (Å²) in [4.78, 5) is 11.6. The van der Waals surface area contributed by atoms with Gasteiger partial charge in [-0.1, -0.05) is 23.7 Å². The summed E-state index contributed by atoms with van der Waals surface area (Å²) in [6.45, 7) is 1.20. The Labute approximate surface area is 125 Å². The van der Waals surface area contributed by atoms with Crippen LogP contribution in [0.1, 0.15) is 24.0 Å². The van der Waals surface area contributed by atoms with Crippen LogP contribution in [0.5, 0.6) is 0 Å². The maximum absolute atomic E-state index is 11.6. The number of carbonyl (C=O) groups is 1. The normalized spacial score (nSPS) is 13.8. The van der Waals surface area contributed by atoms with Crippen molar-refractivity contribution in [2.75, 3.05) is 13.7 Å². The summed E-state index contributed by atoms with van der Waals surface area (Å²) < 4.78 is 5.05. The second kappa shape index (κ2) is 7.73. The number of ether oxygens (including phenoxy) is 1. The molecule has 2 rings (SSSR count). The standard InChI is InChI=1S/C14H18ClNO2.ClH/c1-18-7-6-10-2-5-13(15)12(8-10)9-16-14(17)11-3-4-11;/h2,5,8,11H,3-4,6-7,9H2,1H3,(H,16,17);1H. The number of hydrogen-bond donors (Lipinski definition) is 1. The van der Waals surface area contributed by atoms with Gasteiger partial charge in [-0.05, 0) is 36.5 Å². The Hall–Kier alpha value is -0.770. The topological polar surface area (TPSA) is 38.3 Å². The van der Waals surface area contributed by atoms with Crippen LogP contribution in [0.15, 0.2) is 18.2 Å². The van der Waals surface area contributed by atoms with Crippen LogP contribution in [0.2, 0.25) is 5.02 Å². The number of halogens is 2. The highest BCUT2D eigenvalue weighted by molar-refractivity contribution is 6.31. The van der Waals surface area contributed by atoms with E-state index in [-0.39, 0.29) is 24.2 Å². The first-order valence-corrected chi connectivity index (χ1v) is 6.62. The summed E-state index contributed by atoms with van der Waals surface area (Å²) in [6.07, 6.45) is 2.90. The minimum Gasteiger partial charge on any atom is -0.384 e. The molecule has 3 nitrogen and oxygen atoms in total. The second-order valence-electron chi connectivity index (χ2n) is 4.66. The summed E-state index contributed by atoms with van der Waals surface area (Å²) in [5, 5.41) is 3.63. The van der Waals surface area contributed by atoms with Crippen LogP contribution < -0.4 is 5.32 Å². The van der Waals surface area contributed by atoms with Gasteiger partial charge in [-0.15, -0.1) is 12.4 Å². The van der Waals surface area contributed by atoms with Crippen molar-refractivity contribution in [1.82, 2.24) is 5.32 Å². The number of nitrogens with one attached hydrogen (secondary N) is 1. The van der Waals surface area contributed by atoms with Gasteiger partial charge in [0.25, 0.3) is 0 Å². The number of amides is 1. The van der Waals surface area contributed by atoms with Crippen molar-refractivity contribution >= 4 is 29.9 Å². The quantitative estimate of drug-likeness (QED) is 0.877. The lowest BCUT2D eigenvalue weighted by Crippen LogP contribution is -2.24. The summed E-state index contributed by atoms with van der Waals surface area (Å²) >= 11 is 6.13. The van der Waals surface area contributed by atoms with Crippen molar-refractivity contribution in [3.63, 3.8) is 0 Å². The lowest BCUT2D eigenvalue weighted by molar-refractivity contribution is -0.122. The lowest BCUT2D eigenvalue weighted by Gasteiger charge is -2.09. The third-order valence-corrected chi connectivity index (χ3v) is 3.47. The minimum absolute atomic E-state index is 0. The lowest BCUT2D eigenvalue weighted by atomic mass is 10.1. The van der Waals surface area contributed by atoms with Crippen LogP contribution >= 0.6 is 24.0 Å². The fourth-order valence-electron chi connectivity index (χ4n) is 1.81. The SMILES string of the molecule is COCCc1ccc(Cl)c(CNC(=O)C2CC2)c1.Cl. The summed E-state index contributed by atoms with van der Waals surface area (Å²) in [5.41, 5.74) is 2.15. The number of rotatable bonds is 6.